The Bertz CT molecular complexity index is 1170. The quantitative estimate of drug-likeness (QED) is 0.254. The Hall–Kier alpha value is -3.39. The Morgan fingerprint density at radius 1 is 1.12 bits per heavy atom. The van der Waals surface area contributed by atoms with E-state index in [9.17, 15) is 9.59 Å². The number of benzene rings is 2. The highest BCUT2D eigenvalue weighted by atomic mass is 79.9. The number of amides is 1. The summed E-state index contributed by atoms with van der Waals surface area (Å²) >= 11 is 3.38. The minimum atomic E-state index is -0.351. The summed E-state index contributed by atoms with van der Waals surface area (Å²) in [5.41, 5.74) is 7.51. The van der Waals surface area contributed by atoms with Crippen molar-refractivity contribution in [3.8, 4) is 5.69 Å². The predicted octanol–water partition coefficient (Wildman–Crippen LogP) is 4.98. The Kier molecular flexibility index (Phi) is 8.06. The maximum Gasteiger partial charge on any atom is 0.338 e. The molecule has 2 N–H and O–H groups in total. The van der Waals surface area contributed by atoms with E-state index < -0.39 is 0 Å². The van der Waals surface area contributed by atoms with Gasteiger partial charge in [-0.1, -0.05) is 22.0 Å². The molecule has 7 nitrogen and oxygen atoms in total. The number of ether oxygens (including phenoxy) is 1. The number of hydrogen-bond donors (Lipinski definition) is 2. The molecule has 1 amide bonds. The molecule has 0 aliphatic carbocycles. The van der Waals surface area contributed by atoms with Gasteiger partial charge in [0, 0.05) is 32.8 Å². The van der Waals surface area contributed by atoms with E-state index in [1.807, 2.05) is 74.7 Å². The molecule has 172 valence electrons. The molecule has 0 bridgehead atoms. The van der Waals surface area contributed by atoms with Crippen LogP contribution in [0.25, 0.3) is 5.69 Å². The number of anilines is 1. The minimum Gasteiger partial charge on any atom is -0.459 e. The van der Waals surface area contributed by atoms with E-state index in [4.69, 9.17) is 4.74 Å². The number of esters is 1. The molecule has 0 unspecified atom stereocenters. The maximum atomic E-state index is 12.3. The smallest absolute Gasteiger partial charge is 0.338 e. The molecule has 3 rings (SSSR count). The second kappa shape index (κ2) is 11.0. The summed E-state index contributed by atoms with van der Waals surface area (Å²) in [4.78, 5) is 24.4. The second-order valence-corrected chi connectivity index (χ2v) is 8.74. The summed E-state index contributed by atoms with van der Waals surface area (Å²) in [6.07, 6.45) is 1.44. The number of nitrogens with zero attached hydrogens (tertiary/aromatic N) is 2. The van der Waals surface area contributed by atoms with Gasteiger partial charge >= 0.3 is 5.97 Å². The molecule has 8 heteroatoms. The van der Waals surface area contributed by atoms with Crippen LogP contribution in [0.4, 0.5) is 5.69 Å². The van der Waals surface area contributed by atoms with E-state index in [0.717, 1.165) is 32.8 Å². The first-order valence-electron chi connectivity index (χ1n) is 10.6. The average molecular weight is 511 g/mol. The van der Waals surface area contributed by atoms with Gasteiger partial charge in [0.05, 0.1) is 24.4 Å². The number of aromatic nitrogens is 1. The number of rotatable bonds is 8. The summed E-state index contributed by atoms with van der Waals surface area (Å²) < 4.78 is 8.31. The molecule has 1 heterocycles. The van der Waals surface area contributed by atoms with E-state index in [-0.39, 0.29) is 24.5 Å². The first-order valence-corrected chi connectivity index (χ1v) is 11.4. The molecule has 0 aliphatic heterocycles. The van der Waals surface area contributed by atoms with Crippen LogP contribution in [-0.2, 0) is 9.53 Å². The lowest BCUT2D eigenvalue weighted by atomic mass is 10.2. The molecule has 2 aromatic carbocycles. The summed E-state index contributed by atoms with van der Waals surface area (Å²) in [5.74, 6) is -0.602. The van der Waals surface area contributed by atoms with Crippen molar-refractivity contribution >= 4 is 39.7 Å². The summed E-state index contributed by atoms with van der Waals surface area (Å²) in [6, 6.07) is 16.8. The fourth-order valence-electron chi connectivity index (χ4n) is 3.33. The van der Waals surface area contributed by atoms with E-state index in [2.05, 4.69) is 31.8 Å². The van der Waals surface area contributed by atoms with Crippen molar-refractivity contribution in [2.75, 3.05) is 11.9 Å². The highest BCUT2D eigenvalue weighted by molar-refractivity contribution is 9.10. The Balaban J connectivity index is 1.66. The van der Waals surface area contributed by atoms with Gasteiger partial charge < -0.3 is 14.6 Å². The number of halogens is 1. The van der Waals surface area contributed by atoms with Crippen LogP contribution in [0.5, 0.6) is 0 Å². The van der Waals surface area contributed by atoms with Crippen molar-refractivity contribution in [1.82, 2.24) is 9.99 Å². The van der Waals surface area contributed by atoms with Crippen LogP contribution < -0.4 is 10.7 Å². The van der Waals surface area contributed by atoms with Gasteiger partial charge in [0.2, 0.25) is 0 Å². The number of hydrazone groups is 1. The van der Waals surface area contributed by atoms with Crippen molar-refractivity contribution in [2.24, 2.45) is 5.10 Å². The molecule has 0 saturated carbocycles. The van der Waals surface area contributed by atoms with E-state index >= 15 is 0 Å². The van der Waals surface area contributed by atoms with E-state index in [1.165, 1.54) is 0 Å². The lowest BCUT2D eigenvalue weighted by Gasteiger charge is -2.12. The van der Waals surface area contributed by atoms with Gasteiger partial charge in [-0.15, -0.1) is 0 Å². The van der Waals surface area contributed by atoms with Gasteiger partial charge in [-0.25, -0.2) is 10.2 Å². The second-order valence-electron chi connectivity index (χ2n) is 7.82. The Morgan fingerprint density at radius 3 is 2.55 bits per heavy atom. The fraction of sp³-hybridized carbons (Fsp3) is 0.240. The summed E-state index contributed by atoms with van der Waals surface area (Å²) in [5, 5.41) is 7.14. The van der Waals surface area contributed by atoms with Gasteiger partial charge in [0.1, 0.15) is 0 Å². The molecule has 0 saturated heterocycles. The van der Waals surface area contributed by atoms with Crippen molar-refractivity contribution in [3.05, 3.63) is 81.6 Å². The van der Waals surface area contributed by atoms with Gasteiger partial charge in [0.15, 0.2) is 0 Å². The molecule has 0 aliphatic rings. The minimum absolute atomic E-state index is 0.108. The molecule has 33 heavy (non-hydrogen) atoms. The number of hydrogen-bond acceptors (Lipinski definition) is 5. The average Bonchev–Trinajstić information content (AvgIpc) is 3.06. The van der Waals surface area contributed by atoms with Crippen LogP contribution in [0.3, 0.4) is 0 Å². The van der Waals surface area contributed by atoms with E-state index in [0.29, 0.717) is 5.56 Å². The zero-order valence-electron chi connectivity index (χ0n) is 19.1. The first kappa shape index (κ1) is 24.3. The third-order valence-electron chi connectivity index (χ3n) is 4.84. The van der Waals surface area contributed by atoms with Crippen molar-refractivity contribution < 1.29 is 14.3 Å². The largest absolute Gasteiger partial charge is 0.459 e. The van der Waals surface area contributed by atoms with E-state index in [1.54, 1.807) is 18.3 Å². The first-order chi connectivity index (χ1) is 15.7. The zero-order chi connectivity index (χ0) is 24.0. The highest BCUT2D eigenvalue weighted by Gasteiger charge is 2.13. The molecular weight excluding hydrogens is 484 g/mol. The van der Waals surface area contributed by atoms with Crippen LogP contribution in [0.1, 0.15) is 41.2 Å². The number of nitrogens with one attached hydrogen (secondary N) is 2. The zero-order valence-corrected chi connectivity index (χ0v) is 20.6. The maximum absolute atomic E-state index is 12.3. The third kappa shape index (κ3) is 6.55. The van der Waals surface area contributed by atoms with Gasteiger partial charge in [-0.05, 0) is 76.2 Å². The number of aryl methyl sites for hydroxylation is 1. The molecule has 0 spiro atoms. The Morgan fingerprint density at radius 2 is 1.85 bits per heavy atom. The molecule has 0 radical (unpaired) electrons. The standard InChI is InChI=1S/C25H27BrN4O3/c1-16(2)33-25(32)19-6-5-7-23(13-19)30-17(3)12-20(18(30)4)14-28-29-24(31)15-27-22-10-8-21(26)9-11-22/h5-14,16,27H,15H2,1-4H3,(H,29,31)/b28-14-. The van der Waals surface area contributed by atoms with Crippen molar-refractivity contribution in [1.29, 1.82) is 0 Å². The van der Waals surface area contributed by atoms with Crippen LogP contribution in [0, 0.1) is 13.8 Å². The van der Waals surface area contributed by atoms with Crippen LogP contribution in [0.15, 0.2) is 64.2 Å². The molecule has 0 fully saturated rings. The molecule has 1 aromatic heterocycles. The number of carbonyl (C=O) groups is 2. The Labute approximate surface area is 202 Å². The summed E-state index contributed by atoms with van der Waals surface area (Å²) in [6.45, 7) is 7.69. The molecular formula is C25H27BrN4O3. The number of carbonyl (C=O) groups excluding carboxylic acids is 2. The monoisotopic (exact) mass is 510 g/mol. The third-order valence-corrected chi connectivity index (χ3v) is 5.37. The molecule has 3 aromatic rings. The topological polar surface area (TPSA) is 84.7 Å². The lowest BCUT2D eigenvalue weighted by Crippen LogP contribution is -2.25. The predicted molar refractivity (Wildman–Crippen MR) is 134 cm³/mol. The highest BCUT2D eigenvalue weighted by Crippen LogP contribution is 2.21. The normalized spacial score (nSPS) is 11.1. The van der Waals surface area contributed by atoms with Crippen LogP contribution in [-0.4, -0.2) is 35.3 Å². The van der Waals surface area contributed by atoms with Crippen LogP contribution in [0.2, 0.25) is 0 Å². The lowest BCUT2D eigenvalue weighted by molar-refractivity contribution is -0.119. The van der Waals surface area contributed by atoms with Crippen molar-refractivity contribution in [2.45, 2.75) is 33.8 Å². The summed E-state index contributed by atoms with van der Waals surface area (Å²) in [7, 11) is 0. The SMILES string of the molecule is Cc1cc(/C=N\NC(=O)CNc2ccc(Br)cc2)c(C)n1-c1cccc(C(=O)OC(C)C)c1. The van der Waals surface area contributed by atoms with Crippen LogP contribution >= 0.6 is 15.9 Å². The van der Waals surface area contributed by atoms with Crippen molar-refractivity contribution in [3.63, 3.8) is 0 Å². The molecule has 0 atom stereocenters. The fourth-order valence-corrected chi connectivity index (χ4v) is 3.60. The van der Waals surface area contributed by atoms with Gasteiger partial charge in [-0.2, -0.15) is 5.10 Å². The van der Waals surface area contributed by atoms with Gasteiger partial charge in [-0.3, -0.25) is 4.79 Å². The van der Waals surface area contributed by atoms with Gasteiger partial charge in [0.25, 0.3) is 5.91 Å².